The van der Waals surface area contributed by atoms with Crippen molar-refractivity contribution in [3.05, 3.63) is 76.9 Å². The lowest BCUT2D eigenvalue weighted by molar-refractivity contribution is -0.275. The Labute approximate surface area is 190 Å². The number of hydrogen-bond acceptors (Lipinski definition) is 1. The number of ether oxygens (including phenoxy) is 1. The molecule has 3 aromatic rings. The van der Waals surface area contributed by atoms with E-state index in [4.69, 9.17) is 0 Å². The first-order chi connectivity index (χ1) is 15.7. The van der Waals surface area contributed by atoms with Crippen LogP contribution in [-0.2, 0) is 12.8 Å². The molecule has 6 heteroatoms. The molecule has 0 radical (unpaired) electrons. The van der Waals surface area contributed by atoms with Crippen LogP contribution in [0, 0.1) is 17.6 Å². The molecule has 0 aliphatic heterocycles. The molecule has 1 aliphatic rings. The summed E-state index contributed by atoms with van der Waals surface area (Å²) in [6, 6.07) is 12.9. The van der Waals surface area contributed by atoms with Crippen LogP contribution in [0.1, 0.15) is 61.6 Å². The summed E-state index contributed by atoms with van der Waals surface area (Å²) in [5.74, 6) is -0.916. The highest BCUT2D eigenvalue weighted by molar-refractivity contribution is 5.84. The summed E-state index contributed by atoms with van der Waals surface area (Å²) < 4.78 is 69.6. The van der Waals surface area contributed by atoms with Gasteiger partial charge in [-0.1, -0.05) is 49.7 Å². The van der Waals surface area contributed by atoms with Crippen molar-refractivity contribution in [3.63, 3.8) is 0 Å². The molecule has 4 rings (SSSR count). The molecule has 0 atom stereocenters. The Morgan fingerprint density at radius 2 is 1.64 bits per heavy atom. The summed E-state index contributed by atoms with van der Waals surface area (Å²) in [4.78, 5) is 0. The number of aryl methyl sites for hydroxylation is 2. The number of halogens is 5. The van der Waals surface area contributed by atoms with Gasteiger partial charge in [0.25, 0.3) is 0 Å². The minimum Gasteiger partial charge on any atom is -0.403 e. The van der Waals surface area contributed by atoms with E-state index < -0.39 is 17.9 Å². The second-order valence-electron chi connectivity index (χ2n) is 8.96. The Balaban J connectivity index is 1.46. The SMILES string of the molecule is CCC1CCC(c2ccc3c(F)c(CCc4ccc(OC(F)(F)F)c(F)c4)ccc3c2)CC1. The van der Waals surface area contributed by atoms with E-state index in [0.717, 1.165) is 23.4 Å². The van der Waals surface area contributed by atoms with E-state index in [1.807, 2.05) is 18.2 Å². The smallest absolute Gasteiger partial charge is 0.403 e. The molecule has 0 spiro atoms. The van der Waals surface area contributed by atoms with E-state index in [0.29, 0.717) is 35.3 Å². The van der Waals surface area contributed by atoms with E-state index in [1.165, 1.54) is 43.7 Å². The van der Waals surface area contributed by atoms with Crippen LogP contribution in [0.5, 0.6) is 5.75 Å². The minimum atomic E-state index is -4.95. The highest BCUT2D eigenvalue weighted by atomic mass is 19.4. The monoisotopic (exact) mass is 462 g/mol. The molecule has 1 nitrogen and oxygen atoms in total. The van der Waals surface area contributed by atoms with Crippen LogP contribution in [0.15, 0.2) is 48.5 Å². The predicted molar refractivity (Wildman–Crippen MR) is 119 cm³/mol. The summed E-state index contributed by atoms with van der Waals surface area (Å²) in [5, 5.41) is 1.42. The Morgan fingerprint density at radius 1 is 0.879 bits per heavy atom. The van der Waals surface area contributed by atoms with E-state index >= 15 is 4.39 Å². The van der Waals surface area contributed by atoms with Gasteiger partial charge >= 0.3 is 6.36 Å². The zero-order chi connectivity index (χ0) is 23.6. The van der Waals surface area contributed by atoms with Crippen LogP contribution in [0.4, 0.5) is 22.0 Å². The number of alkyl halides is 3. The fourth-order valence-electron chi connectivity index (χ4n) is 4.89. The maximum absolute atomic E-state index is 15.2. The summed E-state index contributed by atoms with van der Waals surface area (Å²) in [5.41, 5.74) is 2.23. The molecule has 176 valence electrons. The summed E-state index contributed by atoms with van der Waals surface area (Å²) in [6.45, 7) is 2.25. The van der Waals surface area contributed by atoms with Crippen molar-refractivity contribution in [2.75, 3.05) is 0 Å². The molecular weight excluding hydrogens is 435 g/mol. The van der Waals surface area contributed by atoms with Crippen molar-refractivity contribution < 1.29 is 26.7 Å². The van der Waals surface area contributed by atoms with Gasteiger partial charge in [0, 0.05) is 5.39 Å². The first kappa shape index (κ1) is 23.5. The lowest BCUT2D eigenvalue weighted by Gasteiger charge is -2.28. The zero-order valence-corrected chi connectivity index (χ0v) is 18.5. The van der Waals surface area contributed by atoms with Crippen molar-refractivity contribution >= 4 is 10.8 Å². The third-order valence-corrected chi connectivity index (χ3v) is 6.86. The third kappa shape index (κ3) is 5.66. The average molecular weight is 463 g/mol. The molecule has 0 N–H and O–H groups in total. The Hall–Kier alpha value is -2.63. The average Bonchev–Trinajstić information content (AvgIpc) is 2.79. The van der Waals surface area contributed by atoms with Gasteiger partial charge in [0.1, 0.15) is 5.82 Å². The number of fused-ring (bicyclic) bond motifs is 1. The standard InChI is InChI=1S/C27H27F5O/c1-2-17-3-7-19(8-4-17)21-12-13-23-22(16-21)11-10-20(26(23)29)9-5-18-6-14-25(24(28)15-18)33-27(30,31)32/h6,10-17,19H,2-5,7-9H2,1H3. The Morgan fingerprint density at radius 3 is 2.30 bits per heavy atom. The second-order valence-corrected chi connectivity index (χ2v) is 8.96. The van der Waals surface area contributed by atoms with Crippen LogP contribution < -0.4 is 4.74 Å². The van der Waals surface area contributed by atoms with Gasteiger partial charge in [-0.3, -0.25) is 0 Å². The lowest BCUT2D eigenvalue weighted by Crippen LogP contribution is -2.18. The number of hydrogen-bond donors (Lipinski definition) is 0. The van der Waals surface area contributed by atoms with Gasteiger partial charge in [0.2, 0.25) is 0 Å². The van der Waals surface area contributed by atoms with Crippen molar-refractivity contribution in [2.45, 2.75) is 64.1 Å². The molecule has 0 amide bonds. The lowest BCUT2D eigenvalue weighted by atomic mass is 9.77. The van der Waals surface area contributed by atoms with E-state index in [-0.39, 0.29) is 5.82 Å². The van der Waals surface area contributed by atoms with Gasteiger partial charge < -0.3 is 4.74 Å². The maximum atomic E-state index is 15.2. The normalized spacial score (nSPS) is 19.1. The highest BCUT2D eigenvalue weighted by Gasteiger charge is 2.32. The van der Waals surface area contributed by atoms with Crippen LogP contribution in [0.3, 0.4) is 0 Å². The fourth-order valence-corrected chi connectivity index (χ4v) is 4.89. The minimum absolute atomic E-state index is 0.296. The summed E-state index contributed by atoms with van der Waals surface area (Å²) in [6.07, 6.45) is 1.73. The van der Waals surface area contributed by atoms with E-state index in [9.17, 15) is 17.6 Å². The predicted octanol–water partition coefficient (Wildman–Crippen LogP) is 8.49. The molecule has 1 aliphatic carbocycles. The highest BCUT2D eigenvalue weighted by Crippen LogP contribution is 2.38. The largest absolute Gasteiger partial charge is 0.573 e. The van der Waals surface area contributed by atoms with Gasteiger partial charge in [-0.05, 0) is 84.6 Å². The number of rotatable bonds is 6. The van der Waals surface area contributed by atoms with Crippen molar-refractivity contribution in [1.82, 2.24) is 0 Å². The van der Waals surface area contributed by atoms with Crippen molar-refractivity contribution in [2.24, 2.45) is 5.92 Å². The third-order valence-electron chi connectivity index (χ3n) is 6.86. The Bertz CT molecular complexity index is 1110. The summed E-state index contributed by atoms with van der Waals surface area (Å²) in [7, 11) is 0. The molecule has 0 bridgehead atoms. The van der Waals surface area contributed by atoms with Crippen LogP contribution in [-0.4, -0.2) is 6.36 Å². The topological polar surface area (TPSA) is 9.23 Å². The molecule has 0 unspecified atom stereocenters. The van der Waals surface area contributed by atoms with Crippen LogP contribution in [0.25, 0.3) is 10.8 Å². The second kappa shape index (κ2) is 9.70. The molecule has 0 saturated heterocycles. The maximum Gasteiger partial charge on any atom is 0.573 e. The van der Waals surface area contributed by atoms with Gasteiger partial charge in [0.15, 0.2) is 11.6 Å². The molecule has 0 heterocycles. The zero-order valence-electron chi connectivity index (χ0n) is 18.5. The first-order valence-electron chi connectivity index (χ1n) is 11.5. The molecule has 3 aromatic carbocycles. The van der Waals surface area contributed by atoms with Gasteiger partial charge in [-0.25, -0.2) is 8.78 Å². The van der Waals surface area contributed by atoms with Gasteiger partial charge in [0.05, 0.1) is 0 Å². The van der Waals surface area contributed by atoms with E-state index in [1.54, 1.807) is 6.07 Å². The van der Waals surface area contributed by atoms with Crippen LogP contribution >= 0.6 is 0 Å². The molecular formula is C27H27F5O. The van der Waals surface area contributed by atoms with E-state index in [2.05, 4.69) is 17.7 Å². The van der Waals surface area contributed by atoms with Gasteiger partial charge in [-0.15, -0.1) is 13.2 Å². The molecule has 0 aromatic heterocycles. The van der Waals surface area contributed by atoms with Gasteiger partial charge in [-0.2, -0.15) is 0 Å². The summed E-state index contributed by atoms with van der Waals surface area (Å²) >= 11 is 0. The molecule has 1 fully saturated rings. The molecule has 1 saturated carbocycles. The molecule has 33 heavy (non-hydrogen) atoms. The fraction of sp³-hybridized carbons (Fsp3) is 0.407. The first-order valence-corrected chi connectivity index (χ1v) is 11.5. The van der Waals surface area contributed by atoms with Crippen molar-refractivity contribution in [1.29, 1.82) is 0 Å². The quantitative estimate of drug-likeness (QED) is 0.334. The Kier molecular flexibility index (Phi) is 6.91. The van der Waals surface area contributed by atoms with Crippen LogP contribution in [0.2, 0.25) is 0 Å². The van der Waals surface area contributed by atoms with Crippen molar-refractivity contribution in [3.8, 4) is 5.75 Å². The number of benzene rings is 3.